The zero-order valence-electron chi connectivity index (χ0n) is 12.3. The van der Waals surface area contributed by atoms with Crippen LogP contribution >= 0.6 is 0 Å². The van der Waals surface area contributed by atoms with Crippen LogP contribution in [0.1, 0.15) is 0 Å². The first-order valence-corrected chi connectivity index (χ1v) is 8.10. The van der Waals surface area contributed by atoms with Crippen LogP contribution in [0.2, 0.25) is 0 Å². The Morgan fingerprint density at radius 1 is 1.00 bits per heavy atom. The van der Waals surface area contributed by atoms with E-state index >= 15 is 0 Å². The number of sulfonamides is 1. The van der Waals surface area contributed by atoms with Gasteiger partial charge in [0.05, 0.1) is 17.2 Å². The molecule has 124 valence electrons. The van der Waals surface area contributed by atoms with E-state index in [4.69, 9.17) is 9.47 Å². The number of methoxy groups -OCH3 is 1. The Kier molecular flexibility index (Phi) is 5.51. The first kappa shape index (κ1) is 17.2. The summed E-state index contributed by atoms with van der Waals surface area (Å²) in [7, 11) is -2.36. The molecule has 2 rings (SSSR count). The first-order chi connectivity index (χ1) is 10.9. The summed E-state index contributed by atoms with van der Waals surface area (Å²) < 4.78 is 62.7. The molecule has 0 saturated carbocycles. The Morgan fingerprint density at radius 2 is 1.70 bits per heavy atom. The molecule has 0 saturated heterocycles. The standard InChI is InChI=1S/C15H15F2NO4S/c1-21-8-9-22-12-3-5-13(6-4-12)23(19,20)18-11-2-7-14(16)15(17)10-11/h2-7,10,18H,8-9H2,1H3. The molecule has 0 aromatic heterocycles. The molecule has 0 fully saturated rings. The molecule has 0 aliphatic rings. The third kappa shape index (κ3) is 4.64. The average molecular weight is 343 g/mol. The first-order valence-electron chi connectivity index (χ1n) is 6.62. The minimum Gasteiger partial charge on any atom is -0.491 e. The summed E-state index contributed by atoms with van der Waals surface area (Å²) in [5.41, 5.74) is -0.0654. The molecule has 0 bridgehead atoms. The quantitative estimate of drug-likeness (QED) is 0.785. The number of halogens is 2. The average Bonchev–Trinajstić information content (AvgIpc) is 2.51. The smallest absolute Gasteiger partial charge is 0.261 e. The monoisotopic (exact) mass is 343 g/mol. The Bertz CT molecular complexity index is 764. The third-order valence-electron chi connectivity index (χ3n) is 2.86. The lowest BCUT2D eigenvalue weighted by molar-refractivity contribution is 0.146. The molecule has 0 spiro atoms. The summed E-state index contributed by atoms with van der Waals surface area (Å²) in [6, 6.07) is 8.45. The summed E-state index contributed by atoms with van der Waals surface area (Å²) >= 11 is 0. The molecule has 1 N–H and O–H groups in total. The van der Waals surface area contributed by atoms with E-state index < -0.39 is 21.7 Å². The van der Waals surface area contributed by atoms with E-state index in [2.05, 4.69) is 4.72 Å². The van der Waals surface area contributed by atoms with Crippen LogP contribution in [0.15, 0.2) is 47.4 Å². The van der Waals surface area contributed by atoms with Gasteiger partial charge in [0.1, 0.15) is 12.4 Å². The highest BCUT2D eigenvalue weighted by molar-refractivity contribution is 7.92. The summed E-state index contributed by atoms with van der Waals surface area (Å²) in [5.74, 6) is -1.69. The van der Waals surface area contributed by atoms with Crippen molar-refractivity contribution in [3.8, 4) is 5.75 Å². The van der Waals surface area contributed by atoms with Crippen LogP contribution < -0.4 is 9.46 Å². The lowest BCUT2D eigenvalue weighted by atomic mass is 10.3. The van der Waals surface area contributed by atoms with Crippen LogP contribution in [0.5, 0.6) is 5.75 Å². The Morgan fingerprint density at radius 3 is 2.30 bits per heavy atom. The van der Waals surface area contributed by atoms with Crippen LogP contribution in [-0.4, -0.2) is 28.7 Å². The molecule has 0 aliphatic heterocycles. The Hall–Kier alpha value is -2.19. The second-order valence-corrected chi connectivity index (χ2v) is 6.23. The molecule has 5 nitrogen and oxygen atoms in total. The fourth-order valence-corrected chi connectivity index (χ4v) is 2.78. The summed E-state index contributed by atoms with van der Waals surface area (Å²) in [5, 5.41) is 0. The SMILES string of the molecule is COCCOc1ccc(S(=O)(=O)Nc2ccc(F)c(F)c2)cc1. The van der Waals surface area contributed by atoms with Gasteiger partial charge in [0, 0.05) is 13.2 Å². The predicted octanol–water partition coefficient (Wildman–Crippen LogP) is 2.79. The summed E-state index contributed by atoms with van der Waals surface area (Å²) in [6.07, 6.45) is 0. The van der Waals surface area contributed by atoms with Crippen molar-refractivity contribution in [2.45, 2.75) is 4.90 Å². The van der Waals surface area contributed by atoms with Crippen molar-refractivity contribution in [1.29, 1.82) is 0 Å². The van der Waals surface area contributed by atoms with E-state index in [1.54, 1.807) is 7.11 Å². The van der Waals surface area contributed by atoms with Gasteiger partial charge in [0.15, 0.2) is 11.6 Å². The minimum atomic E-state index is -3.90. The highest BCUT2D eigenvalue weighted by Crippen LogP contribution is 2.20. The van der Waals surface area contributed by atoms with Crippen LogP contribution in [0, 0.1) is 11.6 Å². The molecule has 2 aromatic rings. The van der Waals surface area contributed by atoms with E-state index in [1.165, 1.54) is 24.3 Å². The Balaban J connectivity index is 2.11. The zero-order chi connectivity index (χ0) is 16.9. The maximum Gasteiger partial charge on any atom is 0.261 e. The van der Waals surface area contributed by atoms with Crippen LogP contribution in [0.4, 0.5) is 14.5 Å². The van der Waals surface area contributed by atoms with Crippen molar-refractivity contribution < 1.29 is 26.7 Å². The molecule has 0 amide bonds. The lowest BCUT2D eigenvalue weighted by Gasteiger charge is -2.10. The van der Waals surface area contributed by atoms with Crippen LogP contribution in [0.3, 0.4) is 0 Å². The minimum absolute atomic E-state index is 0.0266. The van der Waals surface area contributed by atoms with Gasteiger partial charge in [0.25, 0.3) is 10.0 Å². The van der Waals surface area contributed by atoms with Crippen molar-refractivity contribution >= 4 is 15.7 Å². The molecule has 2 aromatic carbocycles. The van der Waals surface area contributed by atoms with Gasteiger partial charge in [-0.2, -0.15) is 0 Å². The van der Waals surface area contributed by atoms with Gasteiger partial charge in [-0.05, 0) is 36.4 Å². The fraction of sp³-hybridized carbons (Fsp3) is 0.200. The van der Waals surface area contributed by atoms with Crippen molar-refractivity contribution in [1.82, 2.24) is 0 Å². The van der Waals surface area contributed by atoms with Crippen LogP contribution in [-0.2, 0) is 14.8 Å². The zero-order valence-corrected chi connectivity index (χ0v) is 13.1. The van der Waals surface area contributed by atoms with Crippen LogP contribution in [0.25, 0.3) is 0 Å². The molecular weight excluding hydrogens is 328 g/mol. The van der Waals surface area contributed by atoms with Gasteiger partial charge >= 0.3 is 0 Å². The molecule has 0 atom stereocenters. The largest absolute Gasteiger partial charge is 0.491 e. The normalized spacial score (nSPS) is 11.3. The van der Waals surface area contributed by atoms with Crippen molar-refractivity contribution in [3.63, 3.8) is 0 Å². The highest BCUT2D eigenvalue weighted by atomic mass is 32.2. The maximum atomic E-state index is 13.1. The molecule has 0 aliphatic carbocycles. The second-order valence-electron chi connectivity index (χ2n) is 4.55. The van der Waals surface area contributed by atoms with E-state index in [9.17, 15) is 17.2 Å². The molecule has 23 heavy (non-hydrogen) atoms. The van der Waals surface area contributed by atoms with Crippen molar-refractivity contribution in [3.05, 3.63) is 54.1 Å². The van der Waals surface area contributed by atoms with Gasteiger partial charge < -0.3 is 9.47 Å². The lowest BCUT2D eigenvalue weighted by Crippen LogP contribution is -2.13. The summed E-state index contributed by atoms with van der Waals surface area (Å²) in [6.45, 7) is 0.757. The topological polar surface area (TPSA) is 64.6 Å². The predicted molar refractivity (Wildman–Crippen MR) is 81.0 cm³/mol. The number of ether oxygens (including phenoxy) is 2. The van der Waals surface area contributed by atoms with Gasteiger partial charge in [-0.3, -0.25) is 4.72 Å². The van der Waals surface area contributed by atoms with Gasteiger partial charge in [-0.15, -0.1) is 0 Å². The molecule has 8 heteroatoms. The van der Waals surface area contributed by atoms with E-state index in [-0.39, 0.29) is 10.6 Å². The Labute approximate surface area is 132 Å². The van der Waals surface area contributed by atoms with E-state index in [1.807, 2.05) is 0 Å². The van der Waals surface area contributed by atoms with E-state index in [0.29, 0.717) is 19.0 Å². The fourth-order valence-electron chi connectivity index (χ4n) is 1.73. The molecule has 0 radical (unpaired) electrons. The van der Waals surface area contributed by atoms with Gasteiger partial charge in [0.2, 0.25) is 0 Å². The van der Waals surface area contributed by atoms with E-state index in [0.717, 1.165) is 18.2 Å². The summed E-state index contributed by atoms with van der Waals surface area (Å²) in [4.78, 5) is -0.0266. The van der Waals surface area contributed by atoms with Crippen molar-refractivity contribution in [2.24, 2.45) is 0 Å². The van der Waals surface area contributed by atoms with Crippen molar-refractivity contribution in [2.75, 3.05) is 25.0 Å². The number of nitrogens with one attached hydrogen (secondary N) is 1. The molecule has 0 heterocycles. The number of hydrogen-bond acceptors (Lipinski definition) is 4. The number of rotatable bonds is 7. The molecular formula is C15H15F2NO4S. The number of benzene rings is 2. The second kappa shape index (κ2) is 7.38. The third-order valence-corrected chi connectivity index (χ3v) is 4.26. The maximum absolute atomic E-state index is 13.1. The molecule has 0 unspecified atom stereocenters. The van der Waals surface area contributed by atoms with Gasteiger partial charge in [-0.25, -0.2) is 17.2 Å². The number of anilines is 1. The highest BCUT2D eigenvalue weighted by Gasteiger charge is 2.15. The number of hydrogen-bond donors (Lipinski definition) is 1. The van der Waals surface area contributed by atoms with Gasteiger partial charge in [-0.1, -0.05) is 0 Å².